The molecular formula is C16H16ClN5O. The van der Waals surface area contributed by atoms with Crippen LogP contribution < -0.4 is 5.32 Å². The highest BCUT2D eigenvalue weighted by Crippen LogP contribution is 2.15. The number of nitrogens with one attached hydrogen (secondary N) is 1. The first kappa shape index (κ1) is 15.3. The third-order valence-electron chi connectivity index (χ3n) is 3.57. The molecule has 2 heterocycles. The largest absolute Gasteiger partial charge is 0.350 e. The van der Waals surface area contributed by atoms with Crippen molar-refractivity contribution in [3.8, 4) is 5.69 Å². The molecule has 0 aliphatic rings. The van der Waals surface area contributed by atoms with E-state index in [1.54, 1.807) is 30.3 Å². The number of rotatable bonds is 5. The van der Waals surface area contributed by atoms with Crippen LogP contribution in [0.5, 0.6) is 0 Å². The summed E-state index contributed by atoms with van der Waals surface area (Å²) in [6.07, 6.45) is 8.47. The standard InChI is InChI=1S/C16H16ClN5O/c1-12(22-10-14(17)9-20-22)16(23)19-8-13-4-2-3-5-15(13)21-7-6-18-11-21/h2-7,9-12H,8H2,1H3,(H,19,23). The molecule has 0 fully saturated rings. The Labute approximate surface area is 138 Å². The molecule has 0 aliphatic carbocycles. The van der Waals surface area contributed by atoms with Crippen molar-refractivity contribution in [3.63, 3.8) is 0 Å². The van der Waals surface area contributed by atoms with Crippen molar-refractivity contribution in [1.82, 2.24) is 24.6 Å². The molecule has 0 radical (unpaired) electrons. The van der Waals surface area contributed by atoms with E-state index in [2.05, 4.69) is 15.4 Å². The first-order valence-electron chi connectivity index (χ1n) is 7.19. The van der Waals surface area contributed by atoms with Gasteiger partial charge in [-0.25, -0.2) is 4.98 Å². The number of amides is 1. The summed E-state index contributed by atoms with van der Waals surface area (Å²) in [7, 11) is 0. The molecule has 0 saturated heterocycles. The van der Waals surface area contributed by atoms with Gasteiger partial charge in [0.25, 0.3) is 0 Å². The van der Waals surface area contributed by atoms with Crippen molar-refractivity contribution >= 4 is 17.5 Å². The van der Waals surface area contributed by atoms with Gasteiger partial charge >= 0.3 is 0 Å². The third kappa shape index (κ3) is 3.43. The Hall–Kier alpha value is -2.60. The minimum absolute atomic E-state index is 0.120. The molecule has 1 N–H and O–H groups in total. The maximum Gasteiger partial charge on any atom is 0.244 e. The summed E-state index contributed by atoms with van der Waals surface area (Å²) >= 11 is 5.84. The topological polar surface area (TPSA) is 64.7 Å². The summed E-state index contributed by atoms with van der Waals surface area (Å²) in [6.45, 7) is 2.20. The maximum atomic E-state index is 12.3. The van der Waals surface area contributed by atoms with Crippen LogP contribution in [0.1, 0.15) is 18.5 Å². The normalized spacial score (nSPS) is 12.1. The van der Waals surface area contributed by atoms with Crippen molar-refractivity contribution in [3.05, 3.63) is 66.0 Å². The molecular weight excluding hydrogens is 314 g/mol. The van der Waals surface area contributed by atoms with Crippen LogP contribution in [0.25, 0.3) is 5.69 Å². The molecule has 23 heavy (non-hydrogen) atoms. The van der Waals surface area contributed by atoms with Gasteiger partial charge in [0.05, 0.1) is 23.2 Å². The Morgan fingerprint density at radius 3 is 2.91 bits per heavy atom. The Bertz CT molecular complexity index is 796. The van der Waals surface area contributed by atoms with E-state index in [0.29, 0.717) is 11.6 Å². The van der Waals surface area contributed by atoms with Crippen LogP contribution in [-0.4, -0.2) is 25.2 Å². The summed E-state index contributed by atoms with van der Waals surface area (Å²) in [5.41, 5.74) is 1.99. The van der Waals surface area contributed by atoms with Crippen molar-refractivity contribution in [2.45, 2.75) is 19.5 Å². The van der Waals surface area contributed by atoms with Crippen LogP contribution in [0.3, 0.4) is 0 Å². The molecule has 1 amide bonds. The highest BCUT2D eigenvalue weighted by molar-refractivity contribution is 6.30. The molecule has 118 valence electrons. The van der Waals surface area contributed by atoms with Gasteiger partial charge in [-0.05, 0) is 18.6 Å². The molecule has 7 heteroatoms. The lowest BCUT2D eigenvalue weighted by atomic mass is 10.1. The number of carbonyl (C=O) groups excluding carboxylic acids is 1. The predicted octanol–water partition coefficient (Wildman–Crippen LogP) is 2.60. The molecule has 6 nitrogen and oxygen atoms in total. The monoisotopic (exact) mass is 329 g/mol. The Balaban J connectivity index is 1.70. The van der Waals surface area contributed by atoms with Crippen molar-refractivity contribution in [2.24, 2.45) is 0 Å². The van der Waals surface area contributed by atoms with Crippen LogP contribution >= 0.6 is 11.6 Å². The number of nitrogens with zero attached hydrogens (tertiary/aromatic N) is 4. The van der Waals surface area contributed by atoms with E-state index < -0.39 is 6.04 Å². The van der Waals surface area contributed by atoms with Crippen molar-refractivity contribution in [2.75, 3.05) is 0 Å². The number of carbonyl (C=O) groups is 1. The second kappa shape index (κ2) is 6.66. The average Bonchev–Trinajstić information content (AvgIpc) is 3.23. The number of hydrogen-bond acceptors (Lipinski definition) is 3. The minimum atomic E-state index is -0.428. The summed E-state index contributed by atoms with van der Waals surface area (Å²) in [5.74, 6) is -0.120. The van der Waals surface area contributed by atoms with Gasteiger partial charge in [0.2, 0.25) is 5.91 Å². The molecule has 0 spiro atoms. The Kier molecular flexibility index (Phi) is 4.43. The van der Waals surface area contributed by atoms with Crippen LogP contribution in [0.4, 0.5) is 0 Å². The first-order valence-corrected chi connectivity index (χ1v) is 7.56. The molecule has 0 bridgehead atoms. The van der Waals surface area contributed by atoms with E-state index in [0.717, 1.165) is 11.3 Å². The van der Waals surface area contributed by atoms with E-state index >= 15 is 0 Å². The van der Waals surface area contributed by atoms with Crippen LogP contribution in [0.2, 0.25) is 5.02 Å². The molecule has 3 rings (SSSR count). The maximum absolute atomic E-state index is 12.3. The number of hydrogen-bond donors (Lipinski definition) is 1. The fraction of sp³-hybridized carbons (Fsp3) is 0.188. The summed E-state index contributed by atoms with van der Waals surface area (Å²) < 4.78 is 3.46. The molecule has 2 aromatic heterocycles. The predicted molar refractivity (Wildman–Crippen MR) is 87.4 cm³/mol. The smallest absolute Gasteiger partial charge is 0.244 e. The van der Waals surface area contributed by atoms with Crippen LogP contribution in [0.15, 0.2) is 55.4 Å². The second-order valence-electron chi connectivity index (χ2n) is 5.13. The van der Waals surface area contributed by atoms with Gasteiger partial charge in [0.1, 0.15) is 6.04 Å². The SMILES string of the molecule is CC(C(=O)NCc1ccccc1-n1ccnc1)n1cc(Cl)cn1. The van der Waals surface area contributed by atoms with E-state index in [4.69, 9.17) is 11.6 Å². The first-order chi connectivity index (χ1) is 11.1. The molecule has 1 unspecified atom stereocenters. The summed E-state index contributed by atoms with van der Waals surface area (Å²) in [6, 6.07) is 7.43. The van der Waals surface area contributed by atoms with Crippen molar-refractivity contribution in [1.29, 1.82) is 0 Å². The lowest BCUT2D eigenvalue weighted by Gasteiger charge is -2.14. The van der Waals surface area contributed by atoms with Gasteiger partial charge in [0.15, 0.2) is 0 Å². The minimum Gasteiger partial charge on any atom is -0.350 e. The van der Waals surface area contributed by atoms with Crippen LogP contribution in [-0.2, 0) is 11.3 Å². The zero-order chi connectivity index (χ0) is 16.2. The van der Waals surface area contributed by atoms with Gasteiger partial charge in [-0.3, -0.25) is 9.48 Å². The number of imidazole rings is 1. The highest BCUT2D eigenvalue weighted by atomic mass is 35.5. The number of para-hydroxylation sites is 1. The van der Waals surface area contributed by atoms with Crippen LogP contribution in [0, 0.1) is 0 Å². The van der Waals surface area contributed by atoms with Gasteiger partial charge < -0.3 is 9.88 Å². The summed E-state index contributed by atoms with van der Waals surface area (Å²) in [5, 5.41) is 7.50. The zero-order valence-electron chi connectivity index (χ0n) is 12.6. The molecule has 0 saturated carbocycles. The van der Waals surface area contributed by atoms with Gasteiger partial charge in [-0.1, -0.05) is 29.8 Å². The Morgan fingerprint density at radius 1 is 1.39 bits per heavy atom. The molecule has 1 atom stereocenters. The van der Waals surface area contributed by atoms with E-state index in [-0.39, 0.29) is 5.91 Å². The lowest BCUT2D eigenvalue weighted by molar-refractivity contribution is -0.124. The molecule has 3 aromatic rings. The number of halogens is 1. The fourth-order valence-electron chi connectivity index (χ4n) is 2.29. The number of aromatic nitrogens is 4. The Morgan fingerprint density at radius 2 is 2.22 bits per heavy atom. The third-order valence-corrected chi connectivity index (χ3v) is 3.77. The van der Waals surface area contributed by atoms with Gasteiger partial charge in [-0.2, -0.15) is 5.10 Å². The van der Waals surface area contributed by atoms with Gasteiger partial charge in [0, 0.05) is 25.1 Å². The summed E-state index contributed by atoms with van der Waals surface area (Å²) in [4.78, 5) is 16.3. The zero-order valence-corrected chi connectivity index (χ0v) is 13.3. The number of benzene rings is 1. The van der Waals surface area contributed by atoms with E-state index in [1.807, 2.05) is 35.0 Å². The van der Waals surface area contributed by atoms with E-state index in [9.17, 15) is 4.79 Å². The molecule has 0 aliphatic heterocycles. The van der Waals surface area contributed by atoms with E-state index in [1.165, 1.54) is 6.20 Å². The highest BCUT2D eigenvalue weighted by Gasteiger charge is 2.16. The van der Waals surface area contributed by atoms with Crippen molar-refractivity contribution < 1.29 is 4.79 Å². The fourth-order valence-corrected chi connectivity index (χ4v) is 2.43. The lowest BCUT2D eigenvalue weighted by Crippen LogP contribution is -2.31. The average molecular weight is 330 g/mol. The molecule has 1 aromatic carbocycles. The van der Waals surface area contributed by atoms with Gasteiger partial charge in [-0.15, -0.1) is 0 Å². The second-order valence-corrected chi connectivity index (χ2v) is 5.57. The quantitative estimate of drug-likeness (QED) is 0.782.